The first-order valence-electron chi connectivity index (χ1n) is 5.94. The van der Waals surface area contributed by atoms with E-state index in [1.165, 1.54) is 22.3 Å². The van der Waals surface area contributed by atoms with Crippen LogP contribution in [0.5, 0.6) is 0 Å². The quantitative estimate of drug-likeness (QED) is 0.825. The van der Waals surface area contributed by atoms with Crippen LogP contribution in [0.3, 0.4) is 0 Å². The van der Waals surface area contributed by atoms with Gasteiger partial charge in [-0.1, -0.05) is 48.5 Å². The number of hydrogen-bond acceptors (Lipinski definition) is 1. The molecule has 0 spiro atoms. The predicted octanol–water partition coefficient (Wildman–Crippen LogP) is 3.86. The summed E-state index contributed by atoms with van der Waals surface area (Å²) >= 11 is 0. The van der Waals surface area contributed by atoms with Gasteiger partial charge in [-0.2, -0.15) is 0 Å². The second kappa shape index (κ2) is 4.34. The average molecular weight is 225 g/mol. The lowest BCUT2D eigenvalue weighted by Gasteiger charge is -2.23. The van der Waals surface area contributed by atoms with Gasteiger partial charge in [-0.15, -0.1) is 0 Å². The van der Waals surface area contributed by atoms with Crippen molar-refractivity contribution in [3.05, 3.63) is 59.7 Å². The molecule has 2 N–H and O–H groups in total. The third kappa shape index (κ3) is 2.40. The molecule has 17 heavy (non-hydrogen) atoms. The maximum atomic E-state index is 6.24. The summed E-state index contributed by atoms with van der Waals surface area (Å²) < 4.78 is 0. The molecule has 0 saturated carbocycles. The van der Waals surface area contributed by atoms with Gasteiger partial charge in [0.05, 0.1) is 0 Å². The molecule has 0 aliphatic rings. The van der Waals surface area contributed by atoms with Crippen molar-refractivity contribution in [3.63, 3.8) is 0 Å². The Balaban J connectivity index is 2.65. The zero-order valence-corrected chi connectivity index (χ0v) is 10.7. The van der Waals surface area contributed by atoms with Crippen LogP contribution in [0, 0.1) is 6.92 Å². The highest BCUT2D eigenvalue weighted by Crippen LogP contribution is 2.31. The van der Waals surface area contributed by atoms with Crippen molar-refractivity contribution in [2.75, 3.05) is 0 Å². The molecule has 2 aromatic carbocycles. The maximum Gasteiger partial charge on any atom is 0.0358 e. The van der Waals surface area contributed by atoms with Crippen molar-refractivity contribution < 1.29 is 0 Å². The molecule has 0 radical (unpaired) electrons. The topological polar surface area (TPSA) is 26.0 Å². The highest BCUT2D eigenvalue weighted by Gasteiger charge is 2.18. The summed E-state index contributed by atoms with van der Waals surface area (Å²) in [5.41, 5.74) is 10.9. The zero-order valence-electron chi connectivity index (χ0n) is 10.7. The van der Waals surface area contributed by atoms with Crippen LogP contribution in [0.1, 0.15) is 25.0 Å². The van der Waals surface area contributed by atoms with E-state index in [0.29, 0.717) is 0 Å². The molecule has 88 valence electrons. The average Bonchev–Trinajstić information content (AvgIpc) is 2.28. The second-order valence-electron chi connectivity index (χ2n) is 5.08. The fourth-order valence-electron chi connectivity index (χ4n) is 2.15. The number of aryl methyl sites for hydroxylation is 1. The van der Waals surface area contributed by atoms with Crippen molar-refractivity contribution in [1.29, 1.82) is 0 Å². The first kappa shape index (κ1) is 11.9. The van der Waals surface area contributed by atoms with Crippen molar-refractivity contribution in [2.45, 2.75) is 26.3 Å². The maximum absolute atomic E-state index is 6.24. The molecular formula is C16H19N. The minimum atomic E-state index is -0.321. The van der Waals surface area contributed by atoms with Gasteiger partial charge in [0.2, 0.25) is 0 Å². The van der Waals surface area contributed by atoms with Gasteiger partial charge in [-0.3, -0.25) is 0 Å². The van der Waals surface area contributed by atoms with Gasteiger partial charge >= 0.3 is 0 Å². The van der Waals surface area contributed by atoms with Crippen LogP contribution in [0.25, 0.3) is 11.1 Å². The Morgan fingerprint density at radius 1 is 0.824 bits per heavy atom. The lowest BCUT2D eigenvalue weighted by Crippen LogP contribution is -2.29. The van der Waals surface area contributed by atoms with Crippen molar-refractivity contribution >= 4 is 0 Å². The van der Waals surface area contributed by atoms with E-state index in [-0.39, 0.29) is 5.54 Å². The monoisotopic (exact) mass is 225 g/mol. The number of hydrogen-bond donors (Lipinski definition) is 1. The molecule has 0 bridgehead atoms. The zero-order chi connectivity index (χ0) is 12.5. The summed E-state index contributed by atoms with van der Waals surface area (Å²) in [6, 6.07) is 16.8. The summed E-state index contributed by atoms with van der Waals surface area (Å²) in [5.74, 6) is 0. The molecule has 0 amide bonds. The molecule has 0 heterocycles. The third-order valence-electron chi connectivity index (χ3n) is 3.06. The molecule has 0 unspecified atom stereocenters. The van der Waals surface area contributed by atoms with E-state index in [1.807, 2.05) is 19.9 Å². The van der Waals surface area contributed by atoms with Crippen LogP contribution in [-0.4, -0.2) is 0 Å². The summed E-state index contributed by atoms with van der Waals surface area (Å²) in [7, 11) is 0. The number of rotatable bonds is 2. The molecule has 0 fully saturated rings. The highest BCUT2D eigenvalue weighted by molar-refractivity contribution is 5.71. The van der Waals surface area contributed by atoms with Gasteiger partial charge in [0.25, 0.3) is 0 Å². The highest BCUT2D eigenvalue weighted by atomic mass is 14.7. The molecule has 0 aliphatic carbocycles. The van der Waals surface area contributed by atoms with Gasteiger partial charge in [0.15, 0.2) is 0 Å². The van der Waals surface area contributed by atoms with E-state index in [0.717, 1.165) is 0 Å². The SMILES string of the molecule is Cc1ccccc1-c1ccccc1C(C)(C)N. The molecule has 0 aliphatic heterocycles. The fourth-order valence-corrected chi connectivity index (χ4v) is 2.15. The standard InChI is InChI=1S/C16H19N/c1-12-8-4-5-9-13(12)14-10-6-7-11-15(14)16(2,3)17/h4-11H,17H2,1-3H3. The summed E-state index contributed by atoms with van der Waals surface area (Å²) in [5, 5.41) is 0. The van der Waals surface area contributed by atoms with Gasteiger partial charge in [-0.05, 0) is 43.0 Å². The van der Waals surface area contributed by atoms with E-state index in [2.05, 4.69) is 49.4 Å². The Morgan fingerprint density at radius 3 is 1.94 bits per heavy atom. The molecule has 1 nitrogen and oxygen atoms in total. The van der Waals surface area contributed by atoms with Gasteiger partial charge < -0.3 is 5.73 Å². The summed E-state index contributed by atoms with van der Waals surface area (Å²) in [4.78, 5) is 0. The number of benzene rings is 2. The van der Waals surface area contributed by atoms with Crippen molar-refractivity contribution in [2.24, 2.45) is 5.73 Å². The van der Waals surface area contributed by atoms with Crippen molar-refractivity contribution in [3.8, 4) is 11.1 Å². The Bertz CT molecular complexity index is 521. The van der Waals surface area contributed by atoms with E-state index in [9.17, 15) is 0 Å². The number of nitrogens with two attached hydrogens (primary N) is 1. The van der Waals surface area contributed by atoms with Crippen LogP contribution < -0.4 is 5.73 Å². The van der Waals surface area contributed by atoms with Crippen molar-refractivity contribution in [1.82, 2.24) is 0 Å². The smallest absolute Gasteiger partial charge is 0.0358 e. The third-order valence-corrected chi connectivity index (χ3v) is 3.06. The normalized spacial score (nSPS) is 11.5. The Morgan fingerprint density at radius 2 is 1.35 bits per heavy atom. The minimum absolute atomic E-state index is 0.321. The van der Waals surface area contributed by atoms with Crippen LogP contribution in [0.4, 0.5) is 0 Å². The molecule has 0 saturated heterocycles. The molecule has 2 aromatic rings. The molecule has 0 atom stereocenters. The van der Waals surface area contributed by atoms with E-state index >= 15 is 0 Å². The largest absolute Gasteiger partial charge is 0.322 e. The fraction of sp³-hybridized carbons (Fsp3) is 0.250. The van der Waals surface area contributed by atoms with Gasteiger partial charge in [0, 0.05) is 5.54 Å². The molecule has 0 aromatic heterocycles. The first-order valence-corrected chi connectivity index (χ1v) is 5.94. The molecule has 1 heteroatoms. The lowest BCUT2D eigenvalue weighted by molar-refractivity contribution is 0.556. The van der Waals surface area contributed by atoms with Gasteiger partial charge in [-0.25, -0.2) is 0 Å². The Kier molecular flexibility index (Phi) is 3.03. The molecule has 2 rings (SSSR count). The van der Waals surface area contributed by atoms with Crippen LogP contribution in [0.2, 0.25) is 0 Å². The van der Waals surface area contributed by atoms with Crippen LogP contribution in [-0.2, 0) is 5.54 Å². The van der Waals surface area contributed by atoms with Gasteiger partial charge in [0.1, 0.15) is 0 Å². The lowest BCUT2D eigenvalue weighted by atomic mass is 9.86. The summed E-state index contributed by atoms with van der Waals surface area (Å²) in [6.45, 7) is 6.23. The van der Waals surface area contributed by atoms with E-state index in [1.54, 1.807) is 0 Å². The van der Waals surface area contributed by atoms with Crippen LogP contribution in [0.15, 0.2) is 48.5 Å². The second-order valence-corrected chi connectivity index (χ2v) is 5.08. The first-order chi connectivity index (χ1) is 8.00. The minimum Gasteiger partial charge on any atom is -0.322 e. The molecular weight excluding hydrogens is 206 g/mol. The predicted molar refractivity (Wildman–Crippen MR) is 73.8 cm³/mol. The van der Waals surface area contributed by atoms with E-state index in [4.69, 9.17) is 5.73 Å². The summed E-state index contributed by atoms with van der Waals surface area (Å²) in [6.07, 6.45) is 0. The Hall–Kier alpha value is -1.60. The van der Waals surface area contributed by atoms with Crippen LogP contribution >= 0.6 is 0 Å². The Labute approximate surface area is 103 Å². The van der Waals surface area contributed by atoms with E-state index < -0.39 is 0 Å².